The molecule has 3 N–H and O–H groups in total. The lowest BCUT2D eigenvalue weighted by atomic mass is 10.1. The fourth-order valence-corrected chi connectivity index (χ4v) is 1.88. The first kappa shape index (κ1) is 14.4. The number of carbonyl (C=O) groups is 1. The molecule has 0 aromatic heterocycles. The average Bonchev–Trinajstić information content (AvgIpc) is 2.42. The standard InChI is InChI=1S/C14H11ClF2N2O/c15-11-5-10(16)6-12(17)13(11)19-14(20)9-3-1-8(7-18)2-4-9/h1-6H,7,18H2,(H,19,20). The molecule has 0 atom stereocenters. The number of halogens is 3. The molecule has 0 bridgehead atoms. The Balaban J connectivity index is 2.23. The summed E-state index contributed by atoms with van der Waals surface area (Å²) in [7, 11) is 0. The molecule has 3 nitrogen and oxygen atoms in total. The maximum atomic E-state index is 13.6. The largest absolute Gasteiger partial charge is 0.326 e. The van der Waals surface area contributed by atoms with E-state index in [-0.39, 0.29) is 10.7 Å². The van der Waals surface area contributed by atoms with Crippen molar-refractivity contribution in [3.8, 4) is 0 Å². The number of carbonyl (C=O) groups excluding carboxylic acids is 1. The number of amides is 1. The summed E-state index contributed by atoms with van der Waals surface area (Å²) >= 11 is 5.70. The minimum atomic E-state index is -0.929. The molecule has 0 saturated carbocycles. The third kappa shape index (κ3) is 3.12. The van der Waals surface area contributed by atoms with Gasteiger partial charge in [-0.2, -0.15) is 0 Å². The second-order valence-electron chi connectivity index (χ2n) is 4.10. The van der Waals surface area contributed by atoms with Crippen LogP contribution < -0.4 is 11.1 Å². The molecule has 0 radical (unpaired) electrons. The number of anilines is 1. The van der Waals surface area contributed by atoms with Gasteiger partial charge in [0.2, 0.25) is 0 Å². The van der Waals surface area contributed by atoms with Crippen molar-refractivity contribution in [1.29, 1.82) is 0 Å². The maximum absolute atomic E-state index is 13.6. The van der Waals surface area contributed by atoms with Gasteiger partial charge in [0.15, 0.2) is 5.82 Å². The summed E-state index contributed by atoms with van der Waals surface area (Å²) in [6.45, 7) is 0.361. The van der Waals surface area contributed by atoms with Crippen molar-refractivity contribution < 1.29 is 13.6 Å². The van der Waals surface area contributed by atoms with Crippen molar-refractivity contribution in [2.75, 3.05) is 5.32 Å². The molecule has 0 aliphatic carbocycles. The summed E-state index contributed by atoms with van der Waals surface area (Å²) in [5.74, 6) is -2.28. The van der Waals surface area contributed by atoms with Crippen molar-refractivity contribution in [2.24, 2.45) is 5.73 Å². The number of hydrogen-bond donors (Lipinski definition) is 2. The molecule has 0 unspecified atom stereocenters. The Morgan fingerprint density at radius 3 is 2.40 bits per heavy atom. The van der Waals surface area contributed by atoms with Crippen LogP contribution in [0.1, 0.15) is 15.9 Å². The van der Waals surface area contributed by atoms with Crippen LogP contribution in [0.25, 0.3) is 0 Å². The molecule has 1 amide bonds. The van der Waals surface area contributed by atoms with Gasteiger partial charge in [-0.25, -0.2) is 8.78 Å². The second-order valence-corrected chi connectivity index (χ2v) is 4.51. The van der Waals surface area contributed by atoms with Crippen LogP contribution in [0, 0.1) is 11.6 Å². The molecule has 2 rings (SSSR count). The predicted octanol–water partition coefficient (Wildman–Crippen LogP) is 3.33. The minimum Gasteiger partial charge on any atom is -0.326 e. The van der Waals surface area contributed by atoms with Gasteiger partial charge in [0.1, 0.15) is 5.82 Å². The van der Waals surface area contributed by atoms with Gasteiger partial charge in [0, 0.05) is 18.2 Å². The lowest BCUT2D eigenvalue weighted by Crippen LogP contribution is -2.13. The zero-order valence-electron chi connectivity index (χ0n) is 10.3. The highest BCUT2D eigenvalue weighted by Gasteiger charge is 2.14. The van der Waals surface area contributed by atoms with E-state index in [0.717, 1.165) is 11.6 Å². The normalized spacial score (nSPS) is 10.4. The van der Waals surface area contributed by atoms with Crippen molar-refractivity contribution in [2.45, 2.75) is 6.54 Å². The Kier molecular flexibility index (Phi) is 4.32. The molecular formula is C14H11ClF2N2O. The third-order valence-corrected chi connectivity index (χ3v) is 3.00. The highest BCUT2D eigenvalue weighted by molar-refractivity contribution is 6.34. The highest BCUT2D eigenvalue weighted by Crippen LogP contribution is 2.26. The molecule has 0 spiro atoms. The van der Waals surface area contributed by atoms with Gasteiger partial charge in [-0.1, -0.05) is 23.7 Å². The summed E-state index contributed by atoms with van der Waals surface area (Å²) in [6.07, 6.45) is 0. The summed E-state index contributed by atoms with van der Waals surface area (Å²) in [5, 5.41) is 2.12. The first-order chi connectivity index (χ1) is 9.51. The molecular weight excluding hydrogens is 286 g/mol. The summed E-state index contributed by atoms with van der Waals surface area (Å²) in [4.78, 5) is 11.9. The van der Waals surface area contributed by atoms with Crippen molar-refractivity contribution >= 4 is 23.2 Å². The molecule has 104 valence electrons. The average molecular weight is 297 g/mol. The van der Waals surface area contributed by atoms with Crippen LogP contribution in [0.5, 0.6) is 0 Å². The third-order valence-electron chi connectivity index (χ3n) is 2.70. The van der Waals surface area contributed by atoms with Gasteiger partial charge in [-0.15, -0.1) is 0 Å². The molecule has 0 aliphatic rings. The van der Waals surface area contributed by atoms with E-state index in [1.165, 1.54) is 0 Å². The van der Waals surface area contributed by atoms with Crippen LogP contribution >= 0.6 is 11.6 Å². The van der Waals surface area contributed by atoms with E-state index >= 15 is 0 Å². The number of hydrogen-bond acceptors (Lipinski definition) is 2. The van der Waals surface area contributed by atoms with Gasteiger partial charge < -0.3 is 11.1 Å². The fraction of sp³-hybridized carbons (Fsp3) is 0.0714. The fourth-order valence-electron chi connectivity index (χ4n) is 1.64. The SMILES string of the molecule is NCc1ccc(C(=O)Nc2c(F)cc(F)cc2Cl)cc1. The lowest BCUT2D eigenvalue weighted by Gasteiger charge is -2.09. The highest BCUT2D eigenvalue weighted by atomic mass is 35.5. The molecule has 0 heterocycles. The van der Waals surface area contributed by atoms with E-state index in [4.69, 9.17) is 17.3 Å². The zero-order valence-corrected chi connectivity index (χ0v) is 11.0. The van der Waals surface area contributed by atoms with Crippen LogP contribution in [0.3, 0.4) is 0 Å². The lowest BCUT2D eigenvalue weighted by molar-refractivity contribution is 0.102. The number of rotatable bonds is 3. The Morgan fingerprint density at radius 1 is 1.20 bits per heavy atom. The molecule has 0 fully saturated rings. The summed E-state index contributed by atoms with van der Waals surface area (Å²) in [6, 6.07) is 8.09. The van der Waals surface area contributed by atoms with Gasteiger partial charge in [0.25, 0.3) is 5.91 Å². The Hall–Kier alpha value is -1.98. The quantitative estimate of drug-likeness (QED) is 0.913. The molecule has 20 heavy (non-hydrogen) atoms. The smallest absolute Gasteiger partial charge is 0.255 e. The van der Waals surface area contributed by atoms with Crippen LogP contribution in [-0.2, 0) is 6.54 Å². The van der Waals surface area contributed by atoms with Gasteiger partial charge in [-0.3, -0.25) is 4.79 Å². The predicted molar refractivity (Wildman–Crippen MR) is 73.7 cm³/mol. The number of benzene rings is 2. The van der Waals surface area contributed by atoms with E-state index in [0.29, 0.717) is 18.2 Å². The summed E-state index contributed by atoms with van der Waals surface area (Å²) < 4.78 is 26.5. The van der Waals surface area contributed by atoms with Gasteiger partial charge in [0.05, 0.1) is 10.7 Å². The number of nitrogens with one attached hydrogen (secondary N) is 1. The maximum Gasteiger partial charge on any atom is 0.255 e. The van der Waals surface area contributed by atoms with E-state index in [2.05, 4.69) is 5.32 Å². The van der Waals surface area contributed by atoms with Gasteiger partial charge in [-0.05, 0) is 23.8 Å². The van der Waals surface area contributed by atoms with Crippen LogP contribution in [0.2, 0.25) is 5.02 Å². The molecule has 0 aliphatic heterocycles. The van der Waals surface area contributed by atoms with Crippen molar-refractivity contribution in [3.05, 3.63) is 64.2 Å². The van der Waals surface area contributed by atoms with Crippen LogP contribution in [0.4, 0.5) is 14.5 Å². The van der Waals surface area contributed by atoms with E-state index in [1.54, 1.807) is 24.3 Å². The summed E-state index contributed by atoms with van der Waals surface area (Å²) in [5.41, 5.74) is 6.39. The zero-order chi connectivity index (χ0) is 14.7. The van der Waals surface area contributed by atoms with Crippen LogP contribution in [-0.4, -0.2) is 5.91 Å². The first-order valence-electron chi connectivity index (χ1n) is 5.76. The Morgan fingerprint density at radius 2 is 1.85 bits per heavy atom. The van der Waals surface area contributed by atoms with E-state index in [1.807, 2.05) is 0 Å². The van der Waals surface area contributed by atoms with E-state index in [9.17, 15) is 13.6 Å². The topological polar surface area (TPSA) is 55.1 Å². The Bertz CT molecular complexity index is 621. The molecule has 6 heteroatoms. The minimum absolute atomic E-state index is 0.200. The molecule has 0 saturated heterocycles. The van der Waals surface area contributed by atoms with E-state index < -0.39 is 17.5 Å². The second kappa shape index (κ2) is 5.98. The first-order valence-corrected chi connectivity index (χ1v) is 6.14. The van der Waals surface area contributed by atoms with Gasteiger partial charge >= 0.3 is 0 Å². The number of nitrogens with two attached hydrogens (primary N) is 1. The molecule has 2 aromatic rings. The van der Waals surface area contributed by atoms with Crippen molar-refractivity contribution in [3.63, 3.8) is 0 Å². The molecule has 2 aromatic carbocycles. The Labute approximate surface area is 119 Å². The monoisotopic (exact) mass is 296 g/mol. The van der Waals surface area contributed by atoms with Crippen molar-refractivity contribution in [1.82, 2.24) is 0 Å². The van der Waals surface area contributed by atoms with Crippen LogP contribution in [0.15, 0.2) is 36.4 Å².